The van der Waals surface area contributed by atoms with Crippen LogP contribution < -0.4 is 4.90 Å². The first-order valence-electron chi connectivity index (χ1n) is 35.5. The van der Waals surface area contributed by atoms with Gasteiger partial charge in [0, 0.05) is 66.3 Å². The molecular formula is C97H63N5O. The summed E-state index contributed by atoms with van der Waals surface area (Å²) in [5.41, 5.74) is 32.8. The minimum absolute atomic E-state index is 0.176. The number of hydrogen-bond donors (Lipinski definition) is 0. The van der Waals surface area contributed by atoms with Crippen LogP contribution >= 0.6 is 0 Å². The molecule has 1 atom stereocenters. The topological polar surface area (TPSA) is 60.0 Å². The van der Waals surface area contributed by atoms with E-state index in [1.807, 2.05) is 72.8 Å². The van der Waals surface area contributed by atoms with Crippen molar-refractivity contribution < 1.29 is 4.42 Å². The van der Waals surface area contributed by atoms with Crippen molar-refractivity contribution in [3.05, 3.63) is 379 Å². The highest BCUT2D eigenvalue weighted by Gasteiger charge is 2.53. The van der Waals surface area contributed by atoms with Gasteiger partial charge in [-0.1, -0.05) is 275 Å². The Morgan fingerprint density at radius 3 is 1.52 bits per heavy atom. The van der Waals surface area contributed by atoms with E-state index in [2.05, 4.69) is 296 Å². The van der Waals surface area contributed by atoms with Crippen LogP contribution in [0.5, 0.6) is 0 Å². The van der Waals surface area contributed by atoms with E-state index < -0.39 is 5.41 Å². The molecule has 0 amide bonds. The van der Waals surface area contributed by atoms with Gasteiger partial charge in [-0.05, 0) is 180 Å². The number of fused-ring (bicyclic) bond motifs is 19. The first kappa shape index (κ1) is 58.7. The highest BCUT2D eigenvalue weighted by atomic mass is 16.3. The lowest BCUT2D eigenvalue weighted by molar-refractivity contribution is 0.660. The number of aromatic nitrogens is 4. The summed E-state index contributed by atoms with van der Waals surface area (Å²) in [6.07, 6.45) is 0. The molecule has 0 radical (unpaired) electrons. The Morgan fingerprint density at radius 2 is 0.786 bits per heavy atom. The van der Waals surface area contributed by atoms with Crippen LogP contribution in [-0.4, -0.2) is 19.5 Å². The second-order valence-electron chi connectivity index (χ2n) is 28.1. The van der Waals surface area contributed by atoms with Crippen LogP contribution in [0.25, 0.3) is 150 Å². The molecule has 1 spiro atoms. The van der Waals surface area contributed by atoms with E-state index in [4.69, 9.17) is 19.4 Å². The molecule has 6 nitrogen and oxygen atoms in total. The van der Waals surface area contributed by atoms with E-state index in [1.165, 1.54) is 94.2 Å². The van der Waals surface area contributed by atoms with Gasteiger partial charge in [0.05, 0.1) is 22.1 Å². The summed E-state index contributed by atoms with van der Waals surface area (Å²) >= 11 is 0. The third-order valence-corrected chi connectivity index (χ3v) is 22.3. The number of nitrogens with zero attached hydrogens (tertiary/aromatic N) is 5. The number of benzene rings is 15. The van der Waals surface area contributed by atoms with Gasteiger partial charge < -0.3 is 13.9 Å². The van der Waals surface area contributed by atoms with Crippen LogP contribution in [0, 0.1) is 0 Å². The SMILES string of the molecule is CC1(C)c2ccccc2-c2ccc(N(c3ccc(-c4ccccc4)cc3)c3cccc4c3-c3ccccc3C43c4ccccc4-c4cc(-c5ccc(-n6c7ccccc7c7cc(-c8ccc9oc%10cccc(-c%11nc(-c%12ccccc%12)nc(-c%12ccccc%12)n%11)c%10c9c8)ccc76)cc5)ccc43)cc21. The molecule has 18 aromatic rings. The van der Waals surface area contributed by atoms with Crippen molar-refractivity contribution in [3.8, 4) is 107 Å². The molecule has 3 heterocycles. The van der Waals surface area contributed by atoms with E-state index in [9.17, 15) is 0 Å². The molecule has 15 aromatic carbocycles. The normalized spacial score (nSPS) is 14.2. The fourth-order valence-corrected chi connectivity index (χ4v) is 17.6. The number of rotatable bonds is 10. The van der Waals surface area contributed by atoms with Crippen molar-refractivity contribution in [1.82, 2.24) is 19.5 Å². The lowest BCUT2D eigenvalue weighted by atomic mass is 9.70. The van der Waals surface area contributed by atoms with Crippen molar-refractivity contribution >= 4 is 60.8 Å². The van der Waals surface area contributed by atoms with Crippen LogP contribution in [0.15, 0.2) is 350 Å². The van der Waals surface area contributed by atoms with Gasteiger partial charge in [-0.15, -0.1) is 0 Å². The maximum Gasteiger partial charge on any atom is 0.164 e. The Hall–Kier alpha value is -13.3. The number of anilines is 3. The molecule has 0 bridgehead atoms. The summed E-state index contributed by atoms with van der Waals surface area (Å²) in [5.74, 6) is 1.82. The molecule has 103 heavy (non-hydrogen) atoms. The zero-order valence-corrected chi connectivity index (χ0v) is 56.6. The molecule has 6 heteroatoms. The largest absolute Gasteiger partial charge is 0.456 e. The average molecular weight is 1310 g/mol. The van der Waals surface area contributed by atoms with E-state index in [0.29, 0.717) is 17.5 Å². The van der Waals surface area contributed by atoms with E-state index >= 15 is 0 Å². The molecule has 0 aliphatic heterocycles. The first-order valence-corrected chi connectivity index (χ1v) is 35.5. The summed E-state index contributed by atoms with van der Waals surface area (Å²) < 4.78 is 9.03. The molecule has 0 saturated heterocycles. The minimum Gasteiger partial charge on any atom is -0.456 e. The summed E-state index contributed by atoms with van der Waals surface area (Å²) in [4.78, 5) is 17.8. The van der Waals surface area contributed by atoms with Crippen molar-refractivity contribution in [2.45, 2.75) is 24.7 Å². The maximum absolute atomic E-state index is 6.62. The van der Waals surface area contributed by atoms with Crippen LogP contribution in [0.2, 0.25) is 0 Å². The van der Waals surface area contributed by atoms with Crippen LogP contribution in [0.1, 0.15) is 47.2 Å². The van der Waals surface area contributed by atoms with Crippen molar-refractivity contribution in [3.63, 3.8) is 0 Å². The molecule has 3 aromatic heterocycles. The molecule has 3 aliphatic carbocycles. The molecule has 21 rings (SSSR count). The van der Waals surface area contributed by atoms with Gasteiger partial charge in [-0.3, -0.25) is 0 Å². The van der Waals surface area contributed by atoms with E-state index in [0.717, 1.165) is 89.1 Å². The standard InChI is InChI=1S/C97H63N5O/c1-96(2)80-33-16-12-28-71(80)73-52-51-70(59-85(73)96)101(68-47-40-61(41-48-68)60-22-6-3-7-23-60)88-38-21-36-84-92(88)75-31-14-18-35-82(75)97(84)81-34-17-13-29-72(81)77-56-65(44-53-83(77)97)62-42-49-69(50-43-62)102-86-37-19-15-30-74(86)78-57-66(45-54-87(78)102)67-46-55-89-79(58-67)91-76(32-20-39-90(91)103-89)95-99-93(63-24-8-4-9-25-63)98-94(100-95)64-26-10-5-11-27-64/h3-59H,1-2H3. The second kappa shape index (κ2) is 22.6. The van der Waals surface area contributed by atoms with Gasteiger partial charge in [0.1, 0.15) is 11.2 Å². The lowest BCUT2D eigenvalue weighted by Crippen LogP contribution is -2.26. The number of furan rings is 1. The van der Waals surface area contributed by atoms with Crippen LogP contribution in [-0.2, 0) is 10.8 Å². The second-order valence-corrected chi connectivity index (χ2v) is 28.1. The van der Waals surface area contributed by atoms with Gasteiger partial charge in [0.25, 0.3) is 0 Å². The predicted octanol–water partition coefficient (Wildman–Crippen LogP) is 25.0. The van der Waals surface area contributed by atoms with Gasteiger partial charge in [0.2, 0.25) is 0 Å². The van der Waals surface area contributed by atoms with Crippen LogP contribution in [0.3, 0.4) is 0 Å². The minimum atomic E-state index is -0.571. The summed E-state index contributed by atoms with van der Waals surface area (Å²) in [5, 5.41) is 4.33. The van der Waals surface area contributed by atoms with E-state index in [-0.39, 0.29) is 5.41 Å². The van der Waals surface area contributed by atoms with Crippen molar-refractivity contribution in [2.24, 2.45) is 0 Å². The molecule has 0 N–H and O–H groups in total. The monoisotopic (exact) mass is 1310 g/mol. The van der Waals surface area contributed by atoms with Gasteiger partial charge in [-0.25, -0.2) is 15.0 Å². The Morgan fingerprint density at radius 1 is 0.291 bits per heavy atom. The van der Waals surface area contributed by atoms with Gasteiger partial charge in [0.15, 0.2) is 17.5 Å². The summed E-state index contributed by atoms with van der Waals surface area (Å²) in [7, 11) is 0. The van der Waals surface area contributed by atoms with Crippen molar-refractivity contribution in [2.75, 3.05) is 4.90 Å². The Balaban J connectivity index is 0.648. The highest BCUT2D eigenvalue weighted by Crippen LogP contribution is 2.65. The molecule has 1 unspecified atom stereocenters. The Kier molecular flexibility index (Phi) is 12.9. The quantitative estimate of drug-likeness (QED) is 0.137. The Bertz CT molecular complexity index is 6450. The number of hydrogen-bond acceptors (Lipinski definition) is 5. The highest BCUT2D eigenvalue weighted by molar-refractivity contribution is 6.14. The molecule has 482 valence electrons. The molecule has 0 fully saturated rings. The number of para-hydroxylation sites is 1. The molecule has 0 saturated carbocycles. The zero-order valence-electron chi connectivity index (χ0n) is 56.6. The molecular weight excluding hydrogens is 1250 g/mol. The third-order valence-electron chi connectivity index (χ3n) is 22.3. The maximum atomic E-state index is 6.62. The zero-order chi connectivity index (χ0) is 68.1. The summed E-state index contributed by atoms with van der Waals surface area (Å²) in [6, 6.07) is 126. The summed E-state index contributed by atoms with van der Waals surface area (Å²) in [6.45, 7) is 4.76. The van der Waals surface area contributed by atoms with E-state index in [1.54, 1.807) is 0 Å². The fraction of sp³-hybridized carbons (Fsp3) is 0.0412. The lowest BCUT2D eigenvalue weighted by Gasteiger charge is -2.32. The fourth-order valence-electron chi connectivity index (χ4n) is 17.6. The third kappa shape index (κ3) is 8.84. The Labute approximate surface area is 596 Å². The van der Waals surface area contributed by atoms with Crippen LogP contribution in [0.4, 0.5) is 17.1 Å². The van der Waals surface area contributed by atoms with Gasteiger partial charge in [-0.2, -0.15) is 0 Å². The first-order chi connectivity index (χ1) is 50.8. The van der Waals surface area contributed by atoms with Gasteiger partial charge >= 0.3 is 0 Å². The molecule has 3 aliphatic rings. The predicted molar refractivity (Wildman–Crippen MR) is 423 cm³/mol. The smallest absolute Gasteiger partial charge is 0.164 e. The average Bonchev–Trinajstić information content (AvgIpc) is 1.51. The van der Waals surface area contributed by atoms with Crippen molar-refractivity contribution in [1.29, 1.82) is 0 Å².